The van der Waals surface area contributed by atoms with Gasteiger partial charge >= 0.3 is 0 Å². The monoisotopic (exact) mass is 1120 g/mol. The van der Waals surface area contributed by atoms with Crippen LogP contribution >= 0.6 is 0 Å². The van der Waals surface area contributed by atoms with Crippen molar-refractivity contribution in [1.29, 1.82) is 0 Å². The van der Waals surface area contributed by atoms with Crippen LogP contribution in [0, 0.1) is 18.3 Å². The Kier molecular flexibility index (Phi) is 7.49. The van der Waals surface area contributed by atoms with Crippen LogP contribution in [-0.2, 0) is 49.1 Å². The van der Waals surface area contributed by atoms with Crippen LogP contribution in [0.15, 0.2) is 127 Å². The Labute approximate surface area is 463 Å². The Morgan fingerprint density at radius 2 is 1.29 bits per heavy atom. The molecule has 0 radical (unpaired) electrons. The van der Waals surface area contributed by atoms with Gasteiger partial charge in [-0.25, -0.2) is 4.98 Å². The van der Waals surface area contributed by atoms with E-state index in [9.17, 15) is 7.85 Å². The largest absolute Gasteiger partial charge is 0.507 e. The van der Waals surface area contributed by atoms with Crippen molar-refractivity contribution < 1.29 is 60.4 Å². The third-order valence-electron chi connectivity index (χ3n) is 11.8. The SMILES string of the molecule is [2H]c1c(-c2[c-]c(-c3cccc4c3nc(-c3c([2H])c(C(C([2H])([2H])[2H])(C([2H])([2H])[2H])C([2H])([2H])[2H])cc(C(C([2H])([2H])[2H])(C([2H])([2H])[2H])C([2H])([2H])[2H])c3O)n4-c3ccc(C(C)(C)C)cc3-c3ccccc3)cc(C(C)(C)C)c2)ncc(C([2H])([2H])[2H])c1-c1ccc(C([2H])([2H])C(C)(C)C)cc1.[Pt]. The van der Waals surface area contributed by atoms with Crippen LogP contribution in [0.5, 0.6) is 5.75 Å². The second-order valence-corrected chi connectivity index (χ2v) is 20.5. The van der Waals surface area contributed by atoms with Gasteiger partial charge in [-0.1, -0.05) is 199 Å². The fourth-order valence-electron chi connectivity index (χ4n) is 8.21. The molecule has 0 unspecified atom stereocenters. The molecule has 4 nitrogen and oxygen atoms in total. The van der Waals surface area contributed by atoms with E-state index >= 15 is 0 Å². The molecular weight excluding hydrogens is 1020 g/mol. The molecule has 8 aromatic rings. The summed E-state index contributed by atoms with van der Waals surface area (Å²) in [4.78, 5) is 9.71. The minimum absolute atomic E-state index is 0. The number of rotatable bonds is 7. The fourth-order valence-corrected chi connectivity index (χ4v) is 8.21. The van der Waals surface area contributed by atoms with E-state index in [0.29, 0.717) is 22.3 Å². The number of nitrogens with zero attached hydrogens (tertiary/aromatic N) is 3. The first-order valence-electron chi connectivity index (χ1n) is 34.8. The van der Waals surface area contributed by atoms with Gasteiger partial charge in [-0.2, -0.15) is 0 Å². The molecule has 0 saturated carbocycles. The average Bonchev–Trinajstić information content (AvgIpc) is 0.806. The second kappa shape index (κ2) is 18.6. The fraction of sp³-hybridized carbons (Fsp3) is 0.344. The van der Waals surface area contributed by atoms with Crippen molar-refractivity contribution in [2.75, 3.05) is 0 Å². The molecule has 2 heterocycles. The number of aromatic nitrogens is 3. The molecule has 0 aliphatic carbocycles. The van der Waals surface area contributed by atoms with Gasteiger partial charge in [-0.05, 0) is 103 Å². The predicted molar refractivity (Wildman–Crippen MR) is 289 cm³/mol. The molecule has 0 aliphatic rings. The number of benzene rings is 6. The van der Waals surface area contributed by atoms with Crippen molar-refractivity contribution in [3.63, 3.8) is 0 Å². The molecule has 8 rings (SSSR count). The summed E-state index contributed by atoms with van der Waals surface area (Å²) in [5.41, 5.74) is -11.8. The summed E-state index contributed by atoms with van der Waals surface area (Å²) < 4.78 is 224. The van der Waals surface area contributed by atoms with Crippen LogP contribution in [-0.4, -0.2) is 19.6 Å². The first kappa shape index (κ1) is 27.7. The van der Waals surface area contributed by atoms with E-state index in [1.54, 1.807) is 118 Å². The zero-order valence-corrected chi connectivity index (χ0v) is 42.3. The molecule has 0 spiro atoms. The summed E-state index contributed by atoms with van der Waals surface area (Å²) in [7, 11) is 0. The number of hydrogen-bond acceptors (Lipinski definition) is 3. The summed E-state index contributed by atoms with van der Waals surface area (Å²) in [6.07, 6.45) is -0.678. The summed E-state index contributed by atoms with van der Waals surface area (Å²) in [6, 6.07) is 30.1. The number of phenols is 1. The normalized spacial score (nSPS) is 19.5. The van der Waals surface area contributed by atoms with Crippen LogP contribution in [0.1, 0.15) is 171 Å². The third kappa shape index (κ3) is 10.8. The van der Waals surface area contributed by atoms with E-state index in [0.717, 1.165) is 11.8 Å². The van der Waals surface area contributed by atoms with Crippen molar-refractivity contribution in [3.8, 4) is 67.5 Å². The third-order valence-corrected chi connectivity index (χ3v) is 11.8. The van der Waals surface area contributed by atoms with Gasteiger partial charge in [0.2, 0.25) is 0 Å². The predicted octanol–water partition coefficient (Wildman–Crippen LogP) is 17.3. The van der Waals surface area contributed by atoms with E-state index in [2.05, 4.69) is 11.1 Å². The molecule has 5 heteroatoms. The van der Waals surface area contributed by atoms with Crippen LogP contribution in [0.4, 0.5) is 0 Å². The molecule has 2 aromatic heterocycles. The maximum absolute atomic E-state index is 13.2. The van der Waals surface area contributed by atoms with Gasteiger partial charge < -0.3 is 5.11 Å². The molecule has 0 fully saturated rings. The minimum Gasteiger partial charge on any atom is -0.507 e. The molecule has 69 heavy (non-hydrogen) atoms. The zero-order chi connectivity index (χ0) is 70.3. The van der Waals surface area contributed by atoms with Crippen molar-refractivity contribution in [2.24, 2.45) is 5.41 Å². The first-order chi connectivity index (χ1) is 42.0. The summed E-state index contributed by atoms with van der Waals surface area (Å²) in [5.74, 6) is -2.30. The van der Waals surface area contributed by atoms with Crippen LogP contribution < -0.4 is 0 Å². The summed E-state index contributed by atoms with van der Waals surface area (Å²) in [6.45, 7) is -11.6. The van der Waals surface area contributed by atoms with Gasteiger partial charge in [0.1, 0.15) is 11.6 Å². The van der Waals surface area contributed by atoms with Crippen LogP contribution in [0.2, 0.25) is 0 Å². The molecule has 1 N–H and O–H groups in total. The second-order valence-electron chi connectivity index (χ2n) is 20.5. The molecule has 360 valence electrons. The quantitative estimate of drug-likeness (QED) is 0.162. The van der Waals surface area contributed by atoms with Crippen molar-refractivity contribution in [3.05, 3.63) is 167 Å². The Morgan fingerprint density at radius 1 is 0.623 bits per heavy atom. The number of pyridine rings is 1. The number of aromatic hydroxyl groups is 1. The number of imidazole rings is 1. The zero-order valence-electron chi connectivity index (χ0n) is 65.1. The smallest absolute Gasteiger partial charge is 0.148 e. The Morgan fingerprint density at radius 3 is 1.93 bits per heavy atom. The Balaban J connectivity index is 0.0000125. The number of hydrogen-bond donors (Lipinski definition) is 1. The molecule has 0 amide bonds. The number of para-hydroxylation sites is 1. The van der Waals surface area contributed by atoms with Crippen LogP contribution in [0.3, 0.4) is 0 Å². The van der Waals surface area contributed by atoms with E-state index < -0.39 is 116 Å². The van der Waals surface area contributed by atoms with Gasteiger partial charge in [0.15, 0.2) is 0 Å². The molecule has 0 saturated heterocycles. The van der Waals surface area contributed by atoms with Crippen molar-refractivity contribution in [1.82, 2.24) is 14.5 Å². The summed E-state index contributed by atoms with van der Waals surface area (Å²) in [5, 5.41) is 13.2. The topological polar surface area (TPSA) is 50.9 Å². The number of phenolic OH excluding ortho intramolecular Hbond substituents is 1. The molecular formula is C64H72N3OPt-. The summed E-state index contributed by atoms with van der Waals surface area (Å²) >= 11 is 0. The van der Waals surface area contributed by atoms with Crippen molar-refractivity contribution in [2.45, 2.75) is 138 Å². The standard InChI is InChI=1S/C64H72N3O.Pt/c1-40-39-65-54(37-50(40)43-27-25-41(26-28-43)38-60(2,3)4)45-31-44(32-47(33-45)62(8,9)10)49-23-20-24-56-57(49)66-59(52-35-48(63(11,12)13)36-53(58(52)68)64(14,15)16)67(56)55-30-29-46(61(5,6)7)34-51(55)42-21-18-17-19-22-42;/h17-30,32-37,39,68H,38H2,1-16H3;/q-1;/i1D3,11D3,12D3,13D3,14D3,15D3,16D3,35D,37D,38D2;. The number of fused-ring (bicyclic) bond motifs is 1. The maximum Gasteiger partial charge on any atom is 0.148 e. The van der Waals surface area contributed by atoms with E-state index in [1.807, 2.05) is 47.6 Å². The molecule has 0 bridgehead atoms. The molecule has 6 aromatic carbocycles. The van der Waals surface area contributed by atoms with Crippen molar-refractivity contribution >= 4 is 11.0 Å². The van der Waals surface area contributed by atoms with Gasteiger partial charge in [0, 0.05) is 75.6 Å². The first-order valence-corrected chi connectivity index (χ1v) is 22.3. The maximum atomic E-state index is 13.2. The van der Waals surface area contributed by atoms with E-state index in [-0.39, 0.29) is 89.0 Å². The van der Waals surface area contributed by atoms with Gasteiger partial charge in [0.25, 0.3) is 0 Å². The van der Waals surface area contributed by atoms with E-state index in [4.69, 9.17) is 36.5 Å². The molecule has 0 aliphatic heterocycles. The Hall–Kier alpha value is -5.57. The molecule has 0 atom stereocenters. The number of aryl methyl sites for hydroxylation is 1. The average molecular weight is 1120 g/mol. The van der Waals surface area contributed by atoms with Gasteiger partial charge in [-0.3, -0.25) is 9.55 Å². The van der Waals surface area contributed by atoms with Gasteiger partial charge in [0.05, 0.1) is 25.0 Å². The minimum atomic E-state index is -4.31. The van der Waals surface area contributed by atoms with Gasteiger partial charge in [-0.15, -0.1) is 29.3 Å². The van der Waals surface area contributed by atoms with E-state index in [1.165, 1.54) is 4.57 Å². The Bertz CT molecular complexity index is 4020. The van der Waals surface area contributed by atoms with Crippen LogP contribution in [0.25, 0.3) is 72.7 Å².